The minimum absolute atomic E-state index is 0.0699. The van der Waals surface area contributed by atoms with Gasteiger partial charge < -0.3 is 18.8 Å². The molecule has 3 N–H and O–H groups in total. The lowest BCUT2D eigenvalue weighted by atomic mass is 10.2. The maximum absolute atomic E-state index is 14.6. The molecule has 58 heavy (non-hydrogen) atoms. The molecule has 0 aromatic carbocycles. The van der Waals surface area contributed by atoms with Gasteiger partial charge in [-0.3, -0.25) is 20.0 Å². The molecule has 0 bridgehead atoms. The number of hydrogen-bond donors (Lipinski definition) is 3. The number of hydrogen-bond acceptors (Lipinski definition) is 14. The van der Waals surface area contributed by atoms with Crippen molar-refractivity contribution in [1.29, 1.82) is 0 Å². The highest BCUT2D eigenvalue weighted by Crippen LogP contribution is 2.32. The minimum Gasteiger partial charge on any atom is -0.506 e. The van der Waals surface area contributed by atoms with E-state index in [9.17, 15) is 31.9 Å². The van der Waals surface area contributed by atoms with Crippen molar-refractivity contribution in [2.45, 2.75) is 26.1 Å². The summed E-state index contributed by atoms with van der Waals surface area (Å²) in [4.78, 5) is 40.3. The van der Waals surface area contributed by atoms with Crippen LogP contribution in [-0.4, -0.2) is 71.5 Å². The van der Waals surface area contributed by atoms with Crippen molar-refractivity contribution in [2.75, 3.05) is 16.9 Å². The third-order valence-electron chi connectivity index (χ3n) is 7.74. The molecule has 23 heteroatoms. The molecule has 6 aromatic heterocycles. The molecule has 6 heterocycles. The molecule has 0 fully saturated rings. The number of aryl methyl sites for hydroxylation is 2. The average Bonchev–Trinajstić information content (AvgIpc) is 3.68. The minimum atomic E-state index is -3.84. The summed E-state index contributed by atoms with van der Waals surface area (Å²) in [5.74, 6) is -1.93. The predicted molar refractivity (Wildman–Crippen MR) is 205 cm³/mol. The number of pyridine rings is 4. The van der Waals surface area contributed by atoms with Crippen LogP contribution in [0.2, 0.25) is 10.3 Å². The second-order valence-corrected chi connectivity index (χ2v) is 14.3. The number of anilines is 2. The van der Waals surface area contributed by atoms with Gasteiger partial charge in [-0.05, 0) is 26.0 Å². The van der Waals surface area contributed by atoms with Crippen LogP contribution in [0.15, 0.2) is 73.6 Å². The summed E-state index contributed by atoms with van der Waals surface area (Å²) >= 11 is 12.0. The molecular formula is C35H32Cl2F2N10O8S. The summed E-state index contributed by atoms with van der Waals surface area (Å²) in [6.07, 6.45) is 5.65. The number of nitrogens with zero attached hydrogens (tertiary/aromatic N) is 8. The largest absolute Gasteiger partial charge is 0.506 e. The molecular weight excluding hydrogens is 829 g/mol. The van der Waals surface area contributed by atoms with Crippen LogP contribution >= 0.6 is 23.2 Å². The lowest BCUT2D eigenvalue weighted by Gasteiger charge is -2.15. The molecule has 0 aliphatic heterocycles. The zero-order valence-electron chi connectivity index (χ0n) is 30.9. The van der Waals surface area contributed by atoms with Gasteiger partial charge in [-0.15, -0.1) is 0 Å². The molecule has 0 spiro atoms. The molecule has 0 unspecified atom stereocenters. The van der Waals surface area contributed by atoms with E-state index in [1.807, 2.05) is 0 Å². The molecule has 0 aliphatic carbocycles. The Bertz CT molecular complexity index is 2580. The second kappa shape index (κ2) is 18.2. The summed E-state index contributed by atoms with van der Waals surface area (Å²) in [5, 5.41) is 22.8. The zero-order chi connectivity index (χ0) is 42.3. The first kappa shape index (κ1) is 42.7. The van der Waals surface area contributed by atoms with E-state index in [1.54, 1.807) is 45.2 Å². The van der Waals surface area contributed by atoms with Gasteiger partial charge in [0, 0.05) is 49.7 Å². The van der Waals surface area contributed by atoms with Gasteiger partial charge in [0.05, 0.1) is 42.2 Å². The van der Waals surface area contributed by atoms with Crippen molar-refractivity contribution in [3.63, 3.8) is 0 Å². The number of ether oxygens (including phenoxy) is 2. The first-order valence-corrected chi connectivity index (χ1v) is 19.1. The molecule has 2 atom stereocenters. The molecule has 2 amide bonds. The fraction of sp³-hybridized carbons (Fsp3) is 0.200. The lowest BCUT2D eigenvalue weighted by Crippen LogP contribution is -2.18. The molecule has 0 saturated carbocycles. The molecule has 6 aromatic rings. The Hall–Kier alpha value is -6.45. The normalized spacial score (nSPS) is 12.1. The van der Waals surface area contributed by atoms with Gasteiger partial charge in [0.1, 0.15) is 51.3 Å². The Morgan fingerprint density at radius 3 is 1.62 bits per heavy atom. The van der Waals surface area contributed by atoms with Gasteiger partial charge in [-0.2, -0.15) is 18.6 Å². The van der Waals surface area contributed by atoms with Crippen molar-refractivity contribution >= 4 is 57.1 Å². The van der Waals surface area contributed by atoms with E-state index < -0.39 is 46.1 Å². The monoisotopic (exact) mass is 860 g/mol. The van der Waals surface area contributed by atoms with E-state index in [1.165, 1.54) is 41.2 Å². The van der Waals surface area contributed by atoms with Crippen LogP contribution in [0.3, 0.4) is 0 Å². The Kier molecular flexibility index (Phi) is 13.4. The van der Waals surface area contributed by atoms with Crippen LogP contribution < -0.4 is 14.8 Å². The number of aromatic nitrogens is 8. The quantitative estimate of drug-likeness (QED) is 0.0931. The predicted octanol–water partition coefficient (Wildman–Crippen LogP) is 7.00. The molecule has 6 rings (SSSR count). The summed E-state index contributed by atoms with van der Waals surface area (Å²) in [5.41, 5.74) is 1.20. The first-order valence-electron chi connectivity index (χ1n) is 16.5. The first-order chi connectivity index (χ1) is 27.4. The van der Waals surface area contributed by atoms with Gasteiger partial charge in [0.2, 0.25) is 0 Å². The van der Waals surface area contributed by atoms with Crippen LogP contribution in [0.4, 0.5) is 30.0 Å². The Morgan fingerprint density at radius 2 is 1.21 bits per heavy atom. The Balaban J connectivity index is 0.000000223. The van der Waals surface area contributed by atoms with Crippen LogP contribution in [0.1, 0.15) is 37.2 Å². The fourth-order valence-electron chi connectivity index (χ4n) is 5.09. The second-order valence-electron chi connectivity index (χ2n) is 12.0. The van der Waals surface area contributed by atoms with E-state index >= 15 is 0 Å². The van der Waals surface area contributed by atoms with Gasteiger partial charge in [-0.25, -0.2) is 38.3 Å². The smallest absolute Gasteiger partial charge is 0.413 e. The van der Waals surface area contributed by atoms with E-state index in [2.05, 4.69) is 44.9 Å². The number of carbonyl (C=O) groups excluding carboxylic acids is 2. The topological polar surface area (TPSA) is 227 Å². The van der Waals surface area contributed by atoms with Crippen molar-refractivity contribution < 1.29 is 45.6 Å². The van der Waals surface area contributed by atoms with Crippen molar-refractivity contribution in [1.82, 2.24) is 39.5 Å². The maximum atomic E-state index is 14.6. The van der Waals surface area contributed by atoms with Crippen molar-refractivity contribution in [2.24, 2.45) is 14.1 Å². The molecule has 0 aliphatic rings. The number of amides is 2. The van der Waals surface area contributed by atoms with Gasteiger partial charge in [-0.1, -0.05) is 35.3 Å². The van der Waals surface area contributed by atoms with Crippen LogP contribution in [0.25, 0.3) is 22.5 Å². The van der Waals surface area contributed by atoms with Crippen molar-refractivity contribution in [3.05, 3.63) is 107 Å². The highest BCUT2D eigenvalue weighted by molar-refractivity contribution is 7.86. The summed E-state index contributed by atoms with van der Waals surface area (Å²) in [6, 6.07) is 8.48. The maximum Gasteiger partial charge on any atom is 0.413 e. The van der Waals surface area contributed by atoms with E-state index in [-0.39, 0.29) is 56.0 Å². The number of nitrogens with one attached hydrogen (secondary N) is 2. The molecule has 304 valence electrons. The number of carbonyl (C=O) groups is 2. The Morgan fingerprint density at radius 1 is 0.759 bits per heavy atom. The number of aromatic hydroxyl groups is 1. The molecule has 0 saturated heterocycles. The van der Waals surface area contributed by atoms with Crippen LogP contribution in [0.5, 0.6) is 11.5 Å². The summed E-state index contributed by atoms with van der Waals surface area (Å²) < 4.78 is 69.0. The third kappa shape index (κ3) is 10.7. The molecule has 18 nitrogen and oxygen atoms in total. The number of rotatable bonds is 10. The summed E-state index contributed by atoms with van der Waals surface area (Å²) in [7, 11) is -0.744. The Labute approximate surface area is 338 Å². The SMILES string of the molecule is C[C@@H](OC(=O)Nc1c(-c2ncc(O)cc2F)cnn1C)c1cccnc1Cl.C[C@@H](OC(=O)Nc1c(-c2ncc(OS(C)(=O)=O)cc2F)cnn1C)c1cccnc1Cl. The van der Waals surface area contributed by atoms with Gasteiger partial charge in [0.25, 0.3) is 0 Å². The fourth-order valence-corrected chi connectivity index (χ4v) is 6.07. The molecule has 0 radical (unpaired) electrons. The highest BCUT2D eigenvalue weighted by Gasteiger charge is 2.23. The van der Waals surface area contributed by atoms with Gasteiger partial charge >= 0.3 is 22.3 Å². The standard InChI is InChI=1S/C18H17ClFN5O5S.C17H15ClFN5O3/c1-10(12-5-4-6-21-16(12)19)29-18(26)24-17-13(9-23-25(17)2)15-14(20)7-11(8-22-15)30-31(3,27)28;1-9(11-4-3-5-20-15(11)18)27-17(26)23-16-12(8-22-24(16)2)14-13(19)6-10(25)7-21-14/h4-10H,1-3H3,(H,24,26);3-9,25H,1-2H3,(H,23,26)/t10-;9-/m11/s1. The number of halogens is 4. The summed E-state index contributed by atoms with van der Waals surface area (Å²) in [6.45, 7) is 3.27. The van der Waals surface area contributed by atoms with E-state index in [0.717, 1.165) is 30.8 Å². The van der Waals surface area contributed by atoms with Crippen LogP contribution in [-0.2, 0) is 33.7 Å². The average molecular weight is 862 g/mol. The third-order valence-corrected chi connectivity index (χ3v) is 8.87. The van der Waals surface area contributed by atoms with Gasteiger partial charge in [0.15, 0.2) is 17.4 Å². The van der Waals surface area contributed by atoms with E-state index in [4.69, 9.17) is 32.7 Å². The van der Waals surface area contributed by atoms with Crippen LogP contribution in [0, 0.1) is 11.6 Å². The van der Waals surface area contributed by atoms with E-state index in [0.29, 0.717) is 11.1 Å². The lowest BCUT2D eigenvalue weighted by molar-refractivity contribution is 0.120. The highest BCUT2D eigenvalue weighted by atomic mass is 35.5. The zero-order valence-corrected chi connectivity index (χ0v) is 33.2. The van der Waals surface area contributed by atoms with Crippen molar-refractivity contribution in [3.8, 4) is 34.0 Å².